The predicted octanol–water partition coefficient (Wildman–Crippen LogP) is 27.6. The Morgan fingerprint density at radius 1 is 0.248 bits per heavy atom. The molecule has 0 bridgehead atoms. The van der Waals surface area contributed by atoms with Gasteiger partial charge in [0.2, 0.25) is 0 Å². The fourth-order valence-corrected chi connectivity index (χ4v) is 20.0. The van der Waals surface area contributed by atoms with Crippen molar-refractivity contribution in [2.45, 2.75) is 43.9 Å². The zero-order chi connectivity index (χ0) is 69.4. The van der Waals surface area contributed by atoms with Gasteiger partial charge in [0.1, 0.15) is 0 Å². The van der Waals surface area contributed by atoms with E-state index in [1.165, 1.54) is 165 Å². The molecule has 4 aliphatic rings. The van der Waals surface area contributed by atoms with Crippen molar-refractivity contribution in [3.05, 3.63) is 407 Å². The average Bonchev–Trinajstić information content (AvgIpc) is 1.50. The number of nitrogens with zero attached hydrogens (tertiary/aromatic N) is 2. The smallest absolute Gasteiger partial charge is 0.0732 e. The highest BCUT2D eigenvalue weighted by Crippen LogP contribution is 2.70. The first kappa shape index (κ1) is 59.8. The van der Waals surface area contributed by atoms with Gasteiger partial charge in [-0.3, -0.25) is 0 Å². The molecule has 0 saturated carbocycles. The van der Waals surface area contributed by atoms with Gasteiger partial charge in [0, 0.05) is 33.5 Å². The third-order valence-corrected chi connectivity index (χ3v) is 24.3. The quantitative estimate of drug-likeness (QED) is 0.133. The van der Waals surface area contributed by atoms with Crippen molar-refractivity contribution in [2.75, 3.05) is 9.80 Å². The van der Waals surface area contributed by atoms with E-state index >= 15 is 0 Å². The minimum absolute atomic E-state index is 0.408. The molecule has 22 rings (SSSR count). The maximum absolute atomic E-state index is 2.62. The Balaban J connectivity index is 0.788. The summed E-state index contributed by atoms with van der Waals surface area (Å²) < 4.78 is 0. The Morgan fingerprint density at radius 3 is 1.08 bits per heavy atom. The van der Waals surface area contributed by atoms with Crippen molar-refractivity contribution in [1.29, 1.82) is 0 Å². The van der Waals surface area contributed by atoms with Crippen molar-refractivity contribution in [2.24, 2.45) is 0 Å². The van der Waals surface area contributed by atoms with E-state index in [1.807, 2.05) is 0 Å². The molecule has 18 aromatic carbocycles. The lowest BCUT2D eigenvalue weighted by Gasteiger charge is -2.34. The van der Waals surface area contributed by atoms with Crippen LogP contribution in [0.3, 0.4) is 0 Å². The fraction of sp³-hybridized carbons (Fsp3) is 0.0680. The number of aryl methyl sites for hydroxylation is 1. The lowest BCUT2D eigenvalue weighted by molar-refractivity contribution is 0.802. The Hall–Kier alpha value is -12.9. The highest BCUT2D eigenvalue weighted by Gasteiger charge is 2.56. The Bertz CT molecular complexity index is 6640. The van der Waals surface area contributed by atoms with E-state index in [0.29, 0.717) is 5.92 Å². The van der Waals surface area contributed by atoms with Crippen LogP contribution in [0.25, 0.3) is 120 Å². The molecule has 0 fully saturated rings. The van der Waals surface area contributed by atoms with Gasteiger partial charge in [-0.1, -0.05) is 306 Å². The average molecular weight is 1340 g/mol. The zero-order valence-corrected chi connectivity index (χ0v) is 58.7. The van der Waals surface area contributed by atoms with Crippen LogP contribution in [0.1, 0.15) is 82.3 Å². The lowest BCUT2D eigenvalue weighted by Crippen LogP contribution is -2.26. The molecule has 0 unspecified atom stereocenters. The van der Waals surface area contributed by atoms with Gasteiger partial charge < -0.3 is 9.80 Å². The first-order valence-electron chi connectivity index (χ1n) is 37.3. The number of benzene rings is 18. The molecular formula is C103H70N2. The lowest BCUT2D eigenvalue weighted by atomic mass is 9.68. The minimum atomic E-state index is -0.695. The molecule has 105 heavy (non-hydrogen) atoms. The maximum Gasteiger partial charge on any atom is 0.0732 e. The largest absolute Gasteiger partial charge is 0.310 e. The molecule has 0 N–H and O–H groups in total. The van der Waals surface area contributed by atoms with Gasteiger partial charge in [0.15, 0.2) is 0 Å². The van der Waals surface area contributed by atoms with Crippen LogP contribution in [0.2, 0.25) is 0 Å². The maximum atomic E-state index is 2.62. The minimum Gasteiger partial charge on any atom is -0.310 e. The summed E-state index contributed by atoms with van der Waals surface area (Å²) in [6.45, 7) is 6.81. The van der Waals surface area contributed by atoms with Crippen LogP contribution in [0.5, 0.6) is 0 Å². The van der Waals surface area contributed by atoms with Crippen molar-refractivity contribution in [3.8, 4) is 55.6 Å². The van der Waals surface area contributed by atoms with Crippen LogP contribution in [0.4, 0.5) is 34.1 Å². The molecule has 0 radical (unpaired) electrons. The van der Waals surface area contributed by atoms with Crippen LogP contribution in [-0.4, -0.2) is 0 Å². The zero-order valence-electron chi connectivity index (χ0n) is 58.7. The van der Waals surface area contributed by atoms with E-state index in [0.717, 1.165) is 51.7 Å². The van der Waals surface area contributed by atoms with Crippen LogP contribution in [0, 0.1) is 0 Å². The molecule has 0 atom stereocenters. The van der Waals surface area contributed by atoms with Gasteiger partial charge in [-0.05, 0) is 244 Å². The van der Waals surface area contributed by atoms with E-state index in [2.05, 4.69) is 382 Å². The van der Waals surface area contributed by atoms with Gasteiger partial charge >= 0.3 is 0 Å². The molecule has 2 nitrogen and oxygen atoms in total. The third-order valence-electron chi connectivity index (χ3n) is 24.3. The summed E-state index contributed by atoms with van der Waals surface area (Å²) in [5.41, 5.74) is 31.4. The normalized spacial score (nSPS) is 13.6. The number of hydrogen-bond acceptors (Lipinski definition) is 2. The highest BCUT2D eigenvalue weighted by molar-refractivity contribution is 6.27. The summed E-state index contributed by atoms with van der Waals surface area (Å²) in [5.74, 6) is 0.408. The number of para-hydroxylation sites is 1. The second-order valence-corrected chi connectivity index (χ2v) is 29.6. The molecule has 4 aliphatic carbocycles. The first-order valence-corrected chi connectivity index (χ1v) is 37.3. The third kappa shape index (κ3) is 8.09. The molecule has 492 valence electrons. The van der Waals surface area contributed by atoms with Gasteiger partial charge in [-0.15, -0.1) is 0 Å². The van der Waals surface area contributed by atoms with Crippen molar-refractivity contribution < 1.29 is 0 Å². The van der Waals surface area contributed by atoms with E-state index < -0.39 is 10.8 Å². The topological polar surface area (TPSA) is 6.48 Å². The van der Waals surface area contributed by atoms with Gasteiger partial charge in [-0.25, -0.2) is 0 Å². The monoisotopic (exact) mass is 1330 g/mol. The van der Waals surface area contributed by atoms with Crippen LogP contribution in [0.15, 0.2) is 352 Å². The fourth-order valence-electron chi connectivity index (χ4n) is 20.0. The predicted molar refractivity (Wildman–Crippen MR) is 442 cm³/mol. The second kappa shape index (κ2) is 22.6. The molecule has 2 heteroatoms. The molecular weight excluding hydrogens is 1270 g/mol. The van der Waals surface area contributed by atoms with Gasteiger partial charge in [0.05, 0.1) is 22.2 Å². The SMILES string of the molecule is CCc1ccc(N(c2cccc(-c3ccc4c5c(c6ccccc6c4c3)-c3c(cc(N(c4ccccc4)c4ccc(C(C)C)cc4)c4ccccc34)C53c4ccccc4-c4ccccc43)c2)c2cc3c(c4ccccc24)-c2c(c4ccccc4c4ccccc24)C32c3ccccc3-c3ccccc32)cc1. The summed E-state index contributed by atoms with van der Waals surface area (Å²) in [5, 5.41) is 15.0. The summed E-state index contributed by atoms with van der Waals surface area (Å²) in [6.07, 6.45) is 0.948. The number of anilines is 6. The van der Waals surface area contributed by atoms with Crippen LogP contribution >= 0.6 is 0 Å². The standard InChI is InChI=1S/C103H70N2/c1-4-64-49-54-69(55-50-64)105(95-62-93-96(84-43-16-12-39-80(84)95)98-81-40-13-8-31-72(81)73-32-10-17-44-85(73)100(98)102(93)88-45-22-18-34-75(88)76-35-19-23-46-89(76)102)71-30-26-27-66(59-71)67-53-58-86-87(60-67)74-33-9-14-41-82(74)99-97-83-42-15-11-38-79(83)94(104(68-28-6-5-7-29-68)70-56-51-65(52-57-70)63(2)3)61-92(97)103(101(86)99)90-47-24-20-36-77(90)78-37-21-25-48-91(78)103/h5-63H,4H2,1-3H3. The second-order valence-electron chi connectivity index (χ2n) is 29.6. The van der Waals surface area contributed by atoms with E-state index in [1.54, 1.807) is 0 Å². The van der Waals surface area contributed by atoms with Crippen molar-refractivity contribution in [3.63, 3.8) is 0 Å². The highest BCUT2D eigenvalue weighted by atomic mass is 15.2. The first-order chi connectivity index (χ1) is 51.9. The van der Waals surface area contributed by atoms with E-state index in [4.69, 9.17) is 0 Å². The molecule has 0 heterocycles. The Morgan fingerprint density at radius 2 is 0.600 bits per heavy atom. The summed E-state index contributed by atoms with van der Waals surface area (Å²) in [7, 11) is 0. The van der Waals surface area contributed by atoms with Gasteiger partial charge in [0.25, 0.3) is 0 Å². The summed E-state index contributed by atoms with van der Waals surface area (Å²) in [6, 6.07) is 135. The molecule has 18 aromatic rings. The number of rotatable bonds is 9. The van der Waals surface area contributed by atoms with Crippen LogP contribution < -0.4 is 9.80 Å². The number of hydrogen-bond donors (Lipinski definition) is 0. The van der Waals surface area contributed by atoms with Gasteiger partial charge in [-0.2, -0.15) is 0 Å². The van der Waals surface area contributed by atoms with Crippen molar-refractivity contribution >= 4 is 98.8 Å². The van der Waals surface area contributed by atoms with E-state index in [-0.39, 0.29) is 0 Å². The Labute approximate surface area is 611 Å². The summed E-state index contributed by atoms with van der Waals surface area (Å²) >= 11 is 0. The molecule has 0 amide bonds. The molecule has 2 spiro atoms. The van der Waals surface area contributed by atoms with Crippen molar-refractivity contribution in [1.82, 2.24) is 0 Å². The molecule has 0 aliphatic heterocycles. The Kier molecular flexibility index (Phi) is 12.8. The van der Waals surface area contributed by atoms with E-state index in [9.17, 15) is 0 Å². The summed E-state index contributed by atoms with van der Waals surface area (Å²) in [4.78, 5) is 5.08. The molecule has 0 aromatic heterocycles. The number of fused-ring (bicyclic) bond motifs is 34. The van der Waals surface area contributed by atoms with Crippen LogP contribution in [-0.2, 0) is 17.3 Å². The molecule has 0 saturated heterocycles.